The number of benzene rings is 1. The van der Waals surface area contributed by atoms with Gasteiger partial charge in [-0.2, -0.15) is 13.2 Å². The van der Waals surface area contributed by atoms with Crippen molar-refractivity contribution >= 4 is 17.2 Å². The first-order valence-corrected chi connectivity index (χ1v) is 7.20. The van der Waals surface area contributed by atoms with Gasteiger partial charge in [0.25, 0.3) is 5.91 Å². The molecule has 0 bridgehead atoms. The Labute approximate surface area is 128 Å². The SMILES string of the molecule is CN(CCc1nccs1)C(=O)c1cc(O)cc(C(F)(F)F)c1. The van der Waals surface area contributed by atoms with E-state index in [0.29, 0.717) is 19.0 Å². The first-order chi connectivity index (χ1) is 10.3. The van der Waals surface area contributed by atoms with Gasteiger partial charge in [0.15, 0.2) is 0 Å². The van der Waals surface area contributed by atoms with Gasteiger partial charge in [-0.05, 0) is 18.2 Å². The van der Waals surface area contributed by atoms with E-state index in [9.17, 15) is 23.1 Å². The van der Waals surface area contributed by atoms with Crippen LogP contribution >= 0.6 is 11.3 Å². The molecule has 1 amide bonds. The zero-order chi connectivity index (χ0) is 16.3. The summed E-state index contributed by atoms with van der Waals surface area (Å²) in [7, 11) is 1.49. The molecule has 1 N–H and O–H groups in total. The molecule has 1 aromatic heterocycles. The highest BCUT2D eigenvalue weighted by molar-refractivity contribution is 7.09. The van der Waals surface area contributed by atoms with Crippen LogP contribution < -0.4 is 0 Å². The number of rotatable bonds is 4. The molecule has 1 heterocycles. The summed E-state index contributed by atoms with van der Waals surface area (Å²) in [6.07, 6.45) is -2.45. The fourth-order valence-electron chi connectivity index (χ4n) is 1.86. The van der Waals surface area contributed by atoms with E-state index < -0.39 is 23.4 Å². The minimum Gasteiger partial charge on any atom is -0.508 e. The fourth-order valence-corrected chi connectivity index (χ4v) is 2.47. The van der Waals surface area contributed by atoms with E-state index in [0.717, 1.165) is 17.1 Å². The minimum atomic E-state index is -4.62. The maximum absolute atomic E-state index is 12.7. The molecule has 2 aromatic rings. The van der Waals surface area contributed by atoms with Gasteiger partial charge in [-0.3, -0.25) is 4.79 Å². The molecule has 0 aliphatic carbocycles. The number of carbonyl (C=O) groups excluding carboxylic acids is 1. The van der Waals surface area contributed by atoms with E-state index in [4.69, 9.17) is 0 Å². The monoisotopic (exact) mass is 330 g/mol. The lowest BCUT2D eigenvalue weighted by atomic mass is 10.1. The first kappa shape index (κ1) is 16.3. The Morgan fingerprint density at radius 2 is 2.09 bits per heavy atom. The lowest BCUT2D eigenvalue weighted by Gasteiger charge is -2.17. The topological polar surface area (TPSA) is 53.4 Å². The zero-order valence-corrected chi connectivity index (χ0v) is 12.4. The Balaban J connectivity index is 2.12. The van der Waals surface area contributed by atoms with Crippen LogP contribution in [0.5, 0.6) is 5.75 Å². The van der Waals surface area contributed by atoms with Crippen molar-refractivity contribution in [3.8, 4) is 5.75 Å². The van der Waals surface area contributed by atoms with Crippen molar-refractivity contribution in [1.82, 2.24) is 9.88 Å². The fraction of sp³-hybridized carbons (Fsp3) is 0.286. The maximum atomic E-state index is 12.7. The Kier molecular flexibility index (Phi) is 4.70. The second kappa shape index (κ2) is 6.35. The van der Waals surface area contributed by atoms with Crippen LogP contribution in [0.3, 0.4) is 0 Å². The third-order valence-corrected chi connectivity index (χ3v) is 3.82. The number of hydrogen-bond acceptors (Lipinski definition) is 4. The largest absolute Gasteiger partial charge is 0.508 e. The smallest absolute Gasteiger partial charge is 0.416 e. The van der Waals surface area contributed by atoms with Gasteiger partial charge < -0.3 is 10.0 Å². The number of phenols is 1. The van der Waals surface area contributed by atoms with Crippen LogP contribution in [0.15, 0.2) is 29.8 Å². The second-order valence-electron chi connectivity index (χ2n) is 4.67. The molecule has 0 fully saturated rings. The van der Waals surface area contributed by atoms with Crippen molar-refractivity contribution in [3.05, 3.63) is 45.9 Å². The number of nitrogens with zero attached hydrogens (tertiary/aromatic N) is 2. The predicted molar refractivity (Wildman–Crippen MR) is 75.9 cm³/mol. The Hall–Kier alpha value is -2.09. The molecular formula is C14H13F3N2O2S. The quantitative estimate of drug-likeness (QED) is 0.937. The zero-order valence-electron chi connectivity index (χ0n) is 11.6. The summed E-state index contributed by atoms with van der Waals surface area (Å²) < 4.78 is 38.1. The lowest BCUT2D eigenvalue weighted by molar-refractivity contribution is -0.137. The molecule has 0 unspecified atom stereocenters. The number of aromatic nitrogens is 1. The predicted octanol–water partition coefficient (Wildman–Crippen LogP) is 3.18. The minimum absolute atomic E-state index is 0.200. The molecule has 2 rings (SSSR count). The first-order valence-electron chi connectivity index (χ1n) is 6.32. The summed E-state index contributed by atoms with van der Waals surface area (Å²) in [5, 5.41) is 12.0. The second-order valence-corrected chi connectivity index (χ2v) is 5.65. The van der Waals surface area contributed by atoms with Crippen molar-refractivity contribution < 1.29 is 23.1 Å². The van der Waals surface area contributed by atoms with Crippen molar-refractivity contribution in [2.45, 2.75) is 12.6 Å². The van der Waals surface area contributed by atoms with E-state index >= 15 is 0 Å². The number of phenolic OH excluding ortho intramolecular Hbond substituents is 1. The summed E-state index contributed by atoms with van der Waals surface area (Å²) in [5.74, 6) is -1.18. The van der Waals surface area contributed by atoms with Crippen LogP contribution in [0.1, 0.15) is 20.9 Å². The van der Waals surface area contributed by atoms with Gasteiger partial charge >= 0.3 is 6.18 Å². The molecule has 4 nitrogen and oxygen atoms in total. The van der Waals surface area contributed by atoms with Gasteiger partial charge in [-0.15, -0.1) is 11.3 Å². The maximum Gasteiger partial charge on any atom is 0.416 e. The number of likely N-dealkylation sites (N-methyl/N-ethyl adjacent to an activating group) is 1. The van der Waals surface area contributed by atoms with Crippen LogP contribution in [0.2, 0.25) is 0 Å². The van der Waals surface area contributed by atoms with Gasteiger partial charge in [0, 0.05) is 37.2 Å². The number of aromatic hydroxyl groups is 1. The van der Waals surface area contributed by atoms with Gasteiger partial charge in [-0.1, -0.05) is 0 Å². The molecule has 22 heavy (non-hydrogen) atoms. The van der Waals surface area contributed by atoms with Crippen molar-refractivity contribution in [2.24, 2.45) is 0 Å². The van der Waals surface area contributed by atoms with Gasteiger partial charge in [0.05, 0.1) is 10.6 Å². The van der Waals surface area contributed by atoms with Crippen LogP contribution in [0.25, 0.3) is 0 Å². The average Bonchev–Trinajstić information content (AvgIpc) is 2.95. The van der Waals surface area contributed by atoms with E-state index in [1.165, 1.54) is 23.3 Å². The van der Waals surface area contributed by atoms with Crippen LogP contribution in [-0.2, 0) is 12.6 Å². The lowest BCUT2D eigenvalue weighted by Crippen LogP contribution is -2.29. The van der Waals surface area contributed by atoms with Crippen LogP contribution in [0, 0.1) is 0 Å². The van der Waals surface area contributed by atoms with E-state index in [-0.39, 0.29) is 5.56 Å². The van der Waals surface area contributed by atoms with Crippen LogP contribution in [-0.4, -0.2) is 34.5 Å². The van der Waals surface area contributed by atoms with Gasteiger partial charge in [0.1, 0.15) is 5.75 Å². The molecule has 0 radical (unpaired) electrons. The molecular weight excluding hydrogens is 317 g/mol. The van der Waals surface area contributed by atoms with Crippen molar-refractivity contribution in [1.29, 1.82) is 0 Å². The number of hydrogen-bond donors (Lipinski definition) is 1. The average molecular weight is 330 g/mol. The summed E-state index contributed by atoms with van der Waals surface area (Å²) in [4.78, 5) is 17.5. The number of thiazole rings is 1. The third-order valence-electron chi connectivity index (χ3n) is 2.98. The van der Waals surface area contributed by atoms with E-state index in [1.807, 2.05) is 5.38 Å². The summed E-state index contributed by atoms with van der Waals surface area (Å²) in [5.41, 5.74) is -1.25. The highest BCUT2D eigenvalue weighted by atomic mass is 32.1. The molecule has 0 atom stereocenters. The number of amides is 1. The van der Waals surface area contributed by atoms with Crippen LogP contribution in [0.4, 0.5) is 13.2 Å². The Morgan fingerprint density at radius 3 is 2.68 bits per heavy atom. The molecule has 0 spiro atoms. The highest BCUT2D eigenvalue weighted by Crippen LogP contribution is 2.32. The number of carbonyl (C=O) groups is 1. The molecule has 0 saturated carbocycles. The normalized spacial score (nSPS) is 11.5. The Morgan fingerprint density at radius 1 is 1.36 bits per heavy atom. The van der Waals surface area contributed by atoms with Gasteiger partial charge in [0.2, 0.25) is 0 Å². The molecule has 0 aliphatic rings. The number of halogens is 3. The van der Waals surface area contributed by atoms with Crippen molar-refractivity contribution in [2.75, 3.05) is 13.6 Å². The molecule has 1 aromatic carbocycles. The Bertz CT molecular complexity index is 657. The van der Waals surface area contributed by atoms with E-state index in [1.54, 1.807) is 6.20 Å². The summed E-state index contributed by atoms with van der Waals surface area (Å²) in [6.45, 7) is 0.323. The van der Waals surface area contributed by atoms with E-state index in [2.05, 4.69) is 4.98 Å². The number of alkyl halides is 3. The molecule has 8 heteroatoms. The molecule has 0 aliphatic heterocycles. The summed E-state index contributed by atoms with van der Waals surface area (Å²) >= 11 is 1.44. The summed E-state index contributed by atoms with van der Waals surface area (Å²) in [6, 6.07) is 2.35. The molecule has 118 valence electrons. The third kappa shape index (κ3) is 3.97. The molecule has 0 saturated heterocycles. The van der Waals surface area contributed by atoms with Crippen molar-refractivity contribution in [3.63, 3.8) is 0 Å². The standard InChI is InChI=1S/C14H13F3N2O2S/c1-19(4-2-12-18-3-5-22-12)13(21)9-6-10(14(15,16)17)8-11(20)7-9/h3,5-8,20H,2,4H2,1H3. The van der Waals surface area contributed by atoms with Gasteiger partial charge in [-0.25, -0.2) is 4.98 Å². The highest BCUT2D eigenvalue weighted by Gasteiger charge is 2.32.